The van der Waals surface area contributed by atoms with Crippen LogP contribution in [0.15, 0.2) is 36.4 Å². The number of allylic oxidation sites excluding steroid dienone is 1. The number of nitrogens with zero attached hydrogens (tertiary/aromatic N) is 1. The van der Waals surface area contributed by atoms with E-state index in [1.54, 1.807) is 30.9 Å². The van der Waals surface area contributed by atoms with Crippen LogP contribution in [0.5, 0.6) is 0 Å². The number of aromatic nitrogens is 1. The Kier molecular flexibility index (Phi) is 5.21. The zero-order chi connectivity index (χ0) is 20.6. The molecule has 3 aromatic rings. The predicted octanol–water partition coefficient (Wildman–Crippen LogP) is 4.02. The van der Waals surface area contributed by atoms with Gasteiger partial charge in [0.1, 0.15) is 12.8 Å². The Hall–Kier alpha value is -2.80. The van der Waals surface area contributed by atoms with Crippen LogP contribution in [0.3, 0.4) is 0 Å². The van der Waals surface area contributed by atoms with Crippen molar-refractivity contribution in [3.05, 3.63) is 63.8 Å². The topological polar surface area (TPSA) is 99.7 Å². The summed E-state index contributed by atoms with van der Waals surface area (Å²) < 4.78 is 14.1. The second-order valence-corrected chi connectivity index (χ2v) is 10.0. The molecule has 0 spiro atoms. The van der Waals surface area contributed by atoms with Gasteiger partial charge in [0.2, 0.25) is 0 Å². The van der Waals surface area contributed by atoms with Crippen molar-refractivity contribution in [2.45, 2.75) is 13.8 Å². The highest BCUT2D eigenvalue weighted by Crippen LogP contribution is 2.44. The maximum atomic E-state index is 14.1. The lowest BCUT2D eigenvalue weighted by molar-refractivity contribution is 0.0997. The van der Waals surface area contributed by atoms with Crippen LogP contribution in [0.1, 0.15) is 27.2 Å². The molecule has 0 aliphatic heterocycles. The zero-order valence-electron chi connectivity index (χ0n) is 15.7. The van der Waals surface area contributed by atoms with Gasteiger partial charge < -0.3 is 15.3 Å². The first-order valence-electron chi connectivity index (χ1n) is 8.54. The van der Waals surface area contributed by atoms with Crippen molar-refractivity contribution in [1.82, 2.24) is 4.98 Å². The number of halogens is 1. The molecule has 2 aromatic carbocycles. The number of aryl methyl sites for hydroxylation is 2. The number of nitriles is 1. The summed E-state index contributed by atoms with van der Waals surface area (Å²) in [7, 11) is -3.23. The number of aromatic amines is 1. The van der Waals surface area contributed by atoms with Crippen LogP contribution < -0.4 is 16.3 Å². The third kappa shape index (κ3) is 3.38. The normalized spacial score (nSPS) is 13.5. The summed E-state index contributed by atoms with van der Waals surface area (Å²) in [6.45, 7) is 5.33. The molecule has 0 saturated heterocycles. The monoisotopic (exact) mass is 411 g/mol. The Morgan fingerprint density at radius 2 is 2.00 bits per heavy atom. The molecule has 0 aliphatic carbocycles. The zero-order valence-corrected chi connectivity index (χ0v) is 17.4. The van der Waals surface area contributed by atoms with Crippen molar-refractivity contribution in [2.75, 3.05) is 6.66 Å². The molecule has 0 unspecified atom stereocenters. The third-order valence-electron chi connectivity index (χ3n) is 4.73. The number of rotatable bonds is 4. The van der Waals surface area contributed by atoms with Crippen molar-refractivity contribution in [1.29, 1.82) is 5.26 Å². The van der Waals surface area contributed by atoms with E-state index in [4.69, 9.17) is 22.6 Å². The highest BCUT2D eigenvalue weighted by atomic mass is 35.5. The molecule has 5 nitrogen and oxygen atoms in total. The highest BCUT2D eigenvalue weighted by molar-refractivity contribution is 7.78. The third-order valence-corrected chi connectivity index (χ3v) is 7.69. The van der Waals surface area contributed by atoms with Crippen LogP contribution in [0.4, 0.5) is 0 Å². The molecule has 0 fully saturated rings. The van der Waals surface area contributed by atoms with Gasteiger partial charge in [0.15, 0.2) is 0 Å². The molecular weight excluding hydrogens is 393 g/mol. The molecule has 3 rings (SSSR count). The SMILES string of the molecule is Cc1cc(/C=C/C#N)cc([P@@](C)(=O)c2c(C(N)=O)[nH]c3ccc(Cl)c(C)c23)c1. The number of nitrogens with one attached hydrogen (secondary N) is 1. The summed E-state index contributed by atoms with van der Waals surface area (Å²) in [5.74, 6) is -0.680. The van der Waals surface area contributed by atoms with E-state index in [0.717, 1.165) is 16.7 Å². The van der Waals surface area contributed by atoms with Crippen LogP contribution in [-0.2, 0) is 4.57 Å². The van der Waals surface area contributed by atoms with Gasteiger partial charge in [0.25, 0.3) is 5.91 Å². The Morgan fingerprint density at radius 1 is 1.29 bits per heavy atom. The van der Waals surface area contributed by atoms with Gasteiger partial charge in [0, 0.05) is 27.3 Å². The van der Waals surface area contributed by atoms with Gasteiger partial charge in [-0.3, -0.25) is 4.79 Å². The molecule has 0 aliphatic rings. The molecule has 7 heteroatoms. The number of primary amides is 1. The largest absolute Gasteiger partial charge is 0.364 e. The van der Waals surface area contributed by atoms with Crippen LogP contribution in [0, 0.1) is 25.2 Å². The van der Waals surface area contributed by atoms with E-state index >= 15 is 0 Å². The summed E-state index contributed by atoms with van der Waals surface area (Å²) in [6, 6.07) is 10.9. The van der Waals surface area contributed by atoms with Crippen LogP contribution in [0.25, 0.3) is 17.0 Å². The van der Waals surface area contributed by atoms with Gasteiger partial charge in [-0.25, -0.2) is 0 Å². The minimum Gasteiger partial charge on any atom is -0.364 e. The first-order valence-corrected chi connectivity index (χ1v) is 11.1. The molecule has 0 saturated carbocycles. The molecule has 1 heterocycles. The summed E-state index contributed by atoms with van der Waals surface area (Å²) in [6.07, 6.45) is 3.02. The smallest absolute Gasteiger partial charge is 0.265 e. The van der Waals surface area contributed by atoms with Gasteiger partial charge in [-0.1, -0.05) is 17.7 Å². The quantitative estimate of drug-likeness (QED) is 0.501. The minimum atomic E-state index is -3.23. The van der Waals surface area contributed by atoms with Crippen molar-refractivity contribution in [2.24, 2.45) is 5.73 Å². The van der Waals surface area contributed by atoms with Crippen LogP contribution in [-0.4, -0.2) is 17.6 Å². The number of nitrogens with two attached hydrogens (primary N) is 1. The lowest BCUT2D eigenvalue weighted by Gasteiger charge is -2.17. The number of H-pyrrole nitrogens is 1. The Balaban J connectivity index is 2.37. The maximum Gasteiger partial charge on any atom is 0.265 e. The molecule has 28 heavy (non-hydrogen) atoms. The summed E-state index contributed by atoms with van der Waals surface area (Å²) in [5, 5.41) is 10.9. The number of hydrogen-bond donors (Lipinski definition) is 2. The van der Waals surface area contributed by atoms with Crippen molar-refractivity contribution in [3.8, 4) is 6.07 Å². The van der Waals surface area contributed by atoms with E-state index in [9.17, 15) is 9.36 Å². The minimum absolute atomic E-state index is 0.127. The van der Waals surface area contributed by atoms with E-state index < -0.39 is 13.0 Å². The Labute approximate surface area is 168 Å². The molecular formula is C21H19ClN3O2P. The number of benzene rings is 2. The molecule has 0 radical (unpaired) electrons. The summed E-state index contributed by atoms with van der Waals surface area (Å²) in [4.78, 5) is 15.1. The van der Waals surface area contributed by atoms with E-state index in [1.165, 1.54) is 6.08 Å². The molecule has 1 aromatic heterocycles. The number of carbonyl (C=O) groups excluding carboxylic acids is 1. The van der Waals surface area contributed by atoms with Crippen LogP contribution in [0.2, 0.25) is 5.02 Å². The molecule has 142 valence electrons. The standard InChI is InChI=1S/C21H19ClN3O2P/c1-12-9-14(5-4-8-23)11-15(10-12)28(3,27)20-18-13(2)16(22)6-7-17(18)25-19(20)21(24)26/h4-7,9-11,25H,1-3H3,(H2,24,26)/b5-4+/t28-/m1/s1. The predicted molar refractivity (Wildman–Crippen MR) is 115 cm³/mol. The van der Waals surface area contributed by atoms with Gasteiger partial charge in [0.05, 0.1) is 11.4 Å². The fourth-order valence-corrected chi connectivity index (χ4v) is 5.99. The van der Waals surface area contributed by atoms with E-state index in [-0.39, 0.29) is 5.69 Å². The van der Waals surface area contributed by atoms with Crippen molar-refractivity contribution in [3.63, 3.8) is 0 Å². The van der Waals surface area contributed by atoms with Gasteiger partial charge >= 0.3 is 0 Å². The average molecular weight is 412 g/mol. The number of fused-ring (bicyclic) bond motifs is 1. The fourth-order valence-electron chi connectivity index (χ4n) is 3.42. The first-order chi connectivity index (χ1) is 13.2. The summed E-state index contributed by atoms with van der Waals surface area (Å²) in [5.41, 5.74) is 8.77. The Bertz CT molecular complexity index is 1230. The second-order valence-electron chi connectivity index (χ2n) is 6.80. The second kappa shape index (κ2) is 7.31. The van der Waals surface area contributed by atoms with E-state index in [0.29, 0.717) is 26.5 Å². The summed E-state index contributed by atoms with van der Waals surface area (Å²) >= 11 is 6.29. The number of hydrogen-bond acceptors (Lipinski definition) is 3. The van der Waals surface area contributed by atoms with Crippen molar-refractivity contribution >= 4 is 52.2 Å². The lowest BCUT2D eigenvalue weighted by atomic mass is 10.1. The van der Waals surface area contributed by atoms with Gasteiger partial charge in [-0.05, 0) is 67.5 Å². The Morgan fingerprint density at radius 3 is 2.64 bits per heavy atom. The number of amides is 1. The van der Waals surface area contributed by atoms with Gasteiger partial charge in [-0.15, -0.1) is 0 Å². The van der Waals surface area contributed by atoms with E-state index in [2.05, 4.69) is 4.98 Å². The van der Waals surface area contributed by atoms with Crippen LogP contribution >= 0.6 is 18.7 Å². The molecule has 1 atom stereocenters. The molecule has 0 bridgehead atoms. The molecule has 3 N–H and O–H groups in total. The lowest BCUT2D eigenvalue weighted by Crippen LogP contribution is -2.25. The van der Waals surface area contributed by atoms with Crippen molar-refractivity contribution < 1.29 is 9.36 Å². The van der Waals surface area contributed by atoms with E-state index in [1.807, 2.05) is 32.0 Å². The number of carbonyl (C=O) groups is 1. The van der Waals surface area contributed by atoms with Gasteiger partial charge in [-0.2, -0.15) is 5.26 Å². The highest BCUT2D eigenvalue weighted by Gasteiger charge is 2.32. The fraction of sp³-hybridized carbons (Fsp3) is 0.143. The average Bonchev–Trinajstić information content (AvgIpc) is 3.04. The maximum absolute atomic E-state index is 14.1. The first kappa shape index (κ1) is 19.9. The molecule has 1 amide bonds.